The number of thioether (sulfide) groups is 1. The highest BCUT2D eigenvalue weighted by atomic mass is 32.2. The summed E-state index contributed by atoms with van der Waals surface area (Å²) in [7, 11) is 1.64. The van der Waals surface area contributed by atoms with Crippen molar-refractivity contribution in [1.82, 2.24) is 19.2 Å². The van der Waals surface area contributed by atoms with Crippen LogP contribution in [0.4, 0.5) is 0 Å². The number of methoxy groups -OCH3 is 1. The van der Waals surface area contributed by atoms with Gasteiger partial charge in [0.2, 0.25) is 5.78 Å². The lowest BCUT2D eigenvalue weighted by atomic mass is 10.2. The molecular weight excluding hydrogens is 380 g/mol. The molecule has 0 bridgehead atoms. The molecule has 6 nitrogen and oxygen atoms in total. The van der Waals surface area contributed by atoms with Crippen LogP contribution in [0.15, 0.2) is 45.7 Å². The van der Waals surface area contributed by atoms with Gasteiger partial charge in [0.25, 0.3) is 5.56 Å². The Bertz CT molecular complexity index is 1150. The second-order valence-corrected chi connectivity index (χ2v) is 8.14. The monoisotopic (exact) mass is 400 g/mol. The van der Waals surface area contributed by atoms with Gasteiger partial charge in [-0.1, -0.05) is 43.3 Å². The Morgan fingerprint density at radius 3 is 2.89 bits per heavy atom. The molecule has 3 aromatic heterocycles. The number of fused-ring (bicyclic) bond motifs is 3. The molecule has 8 heteroatoms. The molecule has 0 aliphatic rings. The molecule has 3 heterocycles. The van der Waals surface area contributed by atoms with Crippen molar-refractivity contribution in [3.8, 4) is 5.75 Å². The summed E-state index contributed by atoms with van der Waals surface area (Å²) in [4.78, 5) is 13.1. The smallest absolute Gasteiger partial charge is 0.273 e. The van der Waals surface area contributed by atoms with Crippen molar-refractivity contribution in [3.63, 3.8) is 0 Å². The molecule has 1 aromatic carbocycles. The lowest BCUT2D eigenvalue weighted by molar-refractivity contribution is 0.408. The fourth-order valence-electron chi connectivity index (χ4n) is 3.05. The van der Waals surface area contributed by atoms with Gasteiger partial charge in [-0.3, -0.25) is 13.8 Å². The zero-order valence-corrected chi connectivity index (χ0v) is 16.8. The van der Waals surface area contributed by atoms with Crippen molar-refractivity contribution < 1.29 is 4.74 Å². The van der Waals surface area contributed by atoms with E-state index in [1.54, 1.807) is 23.4 Å². The molecule has 0 saturated heterocycles. The van der Waals surface area contributed by atoms with Gasteiger partial charge in [-0.2, -0.15) is 0 Å². The molecule has 140 valence electrons. The lowest BCUT2D eigenvalue weighted by Crippen LogP contribution is -2.23. The number of benzene rings is 1. The summed E-state index contributed by atoms with van der Waals surface area (Å²) in [6, 6.07) is 9.70. The lowest BCUT2D eigenvalue weighted by Gasteiger charge is -2.12. The average Bonchev–Trinajstić information content (AvgIpc) is 3.32. The molecule has 0 unspecified atom stereocenters. The molecule has 0 fully saturated rings. The van der Waals surface area contributed by atoms with Crippen LogP contribution in [0.2, 0.25) is 0 Å². The highest BCUT2D eigenvalue weighted by Crippen LogP contribution is 2.26. The Morgan fingerprint density at radius 2 is 2.07 bits per heavy atom. The van der Waals surface area contributed by atoms with E-state index in [0.29, 0.717) is 12.3 Å². The van der Waals surface area contributed by atoms with Crippen LogP contribution in [0, 0.1) is 0 Å². The van der Waals surface area contributed by atoms with Crippen LogP contribution in [0.1, 0.15) is 25.3 Å². The molecular formula is C19H20N4O2S2. The third-order valence-corrected chi connectivity index (χ3v) is 6.34. The Labute approximate surface area is 164 Å². The predicted molar refractivity (Wildman–Crippen MR) is 110 cm³/mol. The second-order valence-electron chi connectivity index (χ2n) is 6.16. The maximum atomic E-state index is 13.1. The van der Waals surface area contributed by atoms with Crippen LogP contribution < -0.4 is 10.3 Å². The van der Waals surface area contributed by atoms with Crippen molar-refractivity contribution in [2.75, 3.05) is 12.9 Å². The van der Waals surface area contributed by atoms with Crippen molar-refractivity contribution in [2.45, 2.75) is 31.5 Å². The van der Waals surface area contributed by atoms with E-state index in [1.807, 2.05) is 40.1 Å². The highest BCUT2D eigenvalue weighted by molar-refractivity contribution is 7.99. The van der Waals surface area contributed by atoms with E-state index in [4.69, 9.17) is 4.74 Å². The minimum Gasteiger partial charge on any atom is -0.496 e. The summed E-state index contributed by atoms with van der Waals surface area (Å²) < 4.78 is 9.86. The van der Waals surface area contributed by atoms with Gasteiger partial charge in [0.1, 0.15) is 10.4 Å². The first-order valence-electron chi connectivity index (χ1n) is 8.84. The number of aromatic nitrogens is 4. The van der Waals surface area contributed by atoms with E-state index in [1.165, 1.54) is 11.3 Å². The number of rotatable bonds is 7. The van der Waals surface area contributed by atoms with Gasteiger partial charge in [-0.25, -0.2) is 0 Å². The normalized spacial score (nSPS) is 11.5. The minimum atomic E-state index is -0.0454. The first-order valence-corrected chi connectivity index (χ1v) is 10.7. The Kier molecular flexibility index (Phi) is 5.18. The van der Waals surface area contributed by atoms with Gasteiger partial charge in [-0.05, 0) is 23.9 Å². The molecule has 0 saturated carbocycles. The van der Waals surface area contributed by atoms with E-state index in [0.717, 1.165) is 45.3 Å². The third-order valence-electron chi connectivity index (χ3n) is 4.43. The standard InChI is InChI=1S/C19H20N4O2S2/c1-3-4-10-27-19-21-20-18-22(12-13-7-5-6-8-15(13)25-2)17(24)16-14(23(18)19)9-11-26-16/h5-9,11H,3-4,10,12H2,1-2H3. The zero-order valence-electron chi connectivity index (χ0n) is 15.2. The van der Waals surface area contributed by atoms with E-state index in [-0.39, 0.29) is 5.56 Å². The number of thiophene rings is 1. The van der Waals surface area contributed by atoms with Crippen LogP contribution in [0.25, 0.3) is 16.0 Å². The molecule has 0 aliphatic carbocycles. The molecule has 0 atom stereocenters. The maximum Gasteiger partial charge on any atom is 0.273 e. The van der Waals surface area contributed by atoms with Crippen molar-refractivity contribution in [3.05, 3.63) is 51.6 Å². The van der Waals surface area contributed by atoms with Crippen molar-refractivity contribution in [1.29, 1.82) is 0 Å². The quantitative estimate of drug-likeness (QED) is 0.346. The highest BCUT2D eigenvalue weighted by Gasteiger charge is 2.18. The van der Waals surface area contributed by atoms with E-state index >= 15 is 0 Å². The largest absolute Gasteiger partial charge is 0.496 e. The van der Waals surface area contributed by atoms with Crippen LogP contribution in [0.3, 0.4) is 0 Å². The van der Waals surface area contributed by atoms with Crippen molar-refractivity contribution >= 4 is 39.1 Å². The second kappa shape index (κ2) is 7.74. The Morgan fingerprint density at radius 1 is 1.22 bits per heavy atom. The van der Waals surface area contributed by atoms with E-state index in [2.05, 4.69) is 17.1 Å². The number of para-hydroxylation sites is 1. The fourth-order valence-corrected chi connectivity index (χ4v) is 4.89. The third kappa shape index (κ3) is 3.23. The van der Waals surface area contributed by atoms with Crippen LogP contribution in [-0.4, -0.2) is 32.0 Å². The molecule has 0 aliphatic heterocycles. The number of nitrogens with zero attached hydrogens (tertiary/aromatic N) is 4. The number of ether oxygens (including phenoxy) is 1. The average molecular weight is 401 g/mol. The molecule has 0 N–H and O–H groups in total. The summed E-state index contributed by atoms with van der Waals surface area (Å²) >= 11 is 3.14. The summed E-state index contributed by atoms with van der Waals surface area (Å²) in [5, 5.41) is 11.5. The number of unbranched alkanes of at least 4 members (excludes halogenated alkanes) is 1. The Hall–Kier alpha value is -2.32. The first-order chi connectivity index (χ1) is 13.2. The Balaban J connectivity index is 1.89. The first kappa shape index (κ1) is 18.1. The van der Waals surface area contributed by atoms with Gasteiger partial charge in [0, 0.05) is 11.3 Å². The summed E-state index contributed by atoms with van der Waals surface area (Å²) in [6.07, 6.45) is 2.25. The fraction of sp³-hybridized carbons (Fsp3) is 0.316. The maximum absolute atomic E-state index is 13.1. The van der Waals surface area contributed by atoms with Gasteiger partial charge in [0.15, 0.2) is 5.16 Å². The van der Waals surface area contributed by atoms with E-state index in [9.17, 15) is 4.79 Å². The number of hydrogen-bond acceptors (Lipinski definition) is 6. The van der Waals surface area contributed by atoms with E-state index < -0.39 is 0 Å². The van der Waals surface area contributed by atoms with Crippen LogP contribution >= 0.6 is 23.1 Å². The molecule has 0 amide bonds. The summed E-state index contributed by atoms with van der Waals surface area (Å²) in [5.41, 5.74) is 1.76. The molecule has 4 aromatic rings. The van der Waals surface area contributed by atoms with Gasteiger partial charge in [0.05, 0.1) is 19.2 Å². The van der Waals surface area contributed by atoms with Gasteiger partial charge in [-0.15, -0.1) is 21.5 Å². The zero-order chi connectivity index (χ0) is 18.8. The van der Waals surface area contributed by atoms with Gasteiger partial charge < -0.3 is 4.74 Å². The van der Waals surface area contributed by atoms with Crippen LogP contribution in [0.5, 0.6) is 5.75 Å². The molecule has 4 rings (SSSR count). The van der Waals surface area contributed by atoms with Crippen LogP contribution in [-0.2, 0) is 6.54 Å². The molecule has 27 heavy (non-hydrogen) atoms. The van der Waals surface area contributed by atoms with Crippen molar-refractivity contribution in [2.24, 2.45) is 0 Å². The van der Waals surface area contributed by atoms with Gasteiger partial charge >= 0.3 is 0 Å². The predicted octanol–water partition coefficient (Wildman–Crippen LogP) is 4.05. The molecule has 0 spiro atoms. The minimum absolute atomic E-state index is 0.0454. The summed E-state index contributed by atoms with van der Waals surface area (Å²) in [6.45, 7) is 2.56. The topological polar surface area (TPSA) is 61.4 Å². The number of hydrogen-bond donors (Lipinski definition) is 0. The summed E-state index contributed by atoms with van der Waals surface area (Å²) in [5.74, 6) is 2.30. The SMILES string of the molecule is CCCCSc1nnc2n(Cc3ccccc3OC)c(=O)c3sccc3n12. The molecule has 0 radical (unpaired) electrons.